The third-order valence-electron chi connectivity index (χ3n) is 3.34. The fourth-order valence-corrected chi connectivity index (χ4v) is 2.39. The molecule has 1 fully saturated rings. The lowest BCUT2D eigenvalue weighted by molar-refractivity contribution is 0.235. The largest absolute Gasteiger partial charge is 0.328 e. The van der Waals surface area contributed by atoms with Crippen molar-refractivity contribution < 1.29 is 0 Å². The van der Waals surface area contributed by atoms with Crippen LogP contribution in [0.1, 0.15) is 24.8 Å². The molecule has 1 aliphatic rings. The van der Waals surface area contributed by atoms with Crippen LogP contribution in [0.25, 0.3) is 0 Å². The first-order valence-electron chi connectivity index (χ1n) is 5.75. The average molecular weight is 204 g/mol. The lowest BCUT2D eigenvalue weighted by Crippen LogP contribution is -2.30. The Kier molecular flexibility index (Phi) is 3.39. The first kappa shape index (κ1) is 10.7. The lowest BCUT2D eigenvalue weighted by atomic mass is 10.1. The SMILES string of the molecule is CN(Cc1ccccc1)[C@@H]1CC[C@H](N)C1. The summed E-state index contributed by atoms with van der Waals surface area (Å²) < 4.78 is 0. The highest BCUT2D eigenvalue weighted by Gasteiger charge is 2.24. The molecule has 0 aliphatic heterocycles. The van der Waals surface area contributed by atoms with Gasteiger partial charge in [0.1, 0.15) is 0 Å². The van der Waals surface area contributed by atoms with Gasteiger partial charge in [-0.2, -0.15) is 0 Å². The lowest BCUT2D eigenvalue weighted by Gasteiger charge is -2.24. The molecular weight excluding hydrogens is 184 g/mol. The monoisotopic (exact) mass is 204 g/mol. The number of hydrogen-bond donors (Lipinski definition) is 1. The quantitative estimate of drug-likeness (QED) is 0.816. The minimum Gasteiger partial charge on any atom is -0.328 e. The van der Waals surface area contributed by atoms with Crippen molar-refractivity contribution in [2.45, 2.75) is 37.9 Å². The minimum absolute atomic E-state index is 0.424. The van der Waals surface area contributed by atoms with Crippen LogP contribution >= 0.6 is 0 Å². The highest BCUT2D eigenvalue weighted by molar-refractivity contribution is 5.14. The standard InChI is InChI=1S/C13H20N2/c1-15(13-8-7-12(14)9-13)10-11-5-3-2-4-6-11/h2-6,12-13H,7-10,14H2,1H3/t12-,13+/m0/s1. The normalized spacial score (nSPS) is 26.1. The molecule has 2 heteroatoms. The van der Waals surface area contributed by atoms with E-state index in [0.717, 1.165) is 13.0 Å². The van der Waals surface area contributed by atoms with Crippen LogP contribution in [0.3, 0.4) is 0 Å². The zero-order chi connectivity index (χ0) is 10.7. The van der Waals surface area contributed by atoms with Crippen LogP contribution < -0.4 is 5.73 Å². The van der Waals surface area contributed by atoms with Gasteiger partial charge in [-0.05, 0) is 31.9 Å². The number of rotatable bonds is 3. The second kappa shape index (κ2) is 4.77. The Hall–Kier alpha value is -0.860. The Morgan fingerprint density at radius 2 is 2.00 bits per heavy atom. The summed E-state index contributed by atoms with van der Waals surface area (Å²) in [6, 6.07) is 11.7. The Balaban J connectivity index is 1.90. The first-order chi connectivity index (χ1) is 7.25. The Morgan fingerprint density at radius 1 is 1.27 bits per heavy atom. The van der Waals surface area contributed by atoms with Gasteiger partial charge in [0.15, 0.2) is 0 Å². The highest BCUT2D eigenvalue weighted by atomic mass is 15.1. The predicted octanol–water partition coefficient (Wildman–Crippen LogP) is 2.00. The van der Waals surface area contributed by atoms with Gasteiger partial charge in [0, 0.05) is 18.6 Å². The molecule has 1 aromatic rings. The van der Waals surface area contributed by atoms with Crippen LogP contribution in [-0.4, -0.2) is 24.0 Å². The van der Waals surface area contributed by atoms with Gasteiger partial charge >= 0.3 is 0 Å². The minimum atomic E-state index is 0.424. The molecule has 0 saturated heterocycles. The molecule has 2 rings (SSSR count). The molecule has 2 N–H and O–H groups in total. The summed E-state index contributed by atoms with van der Waals surface area (Å²) in [6.45, 7) is 1.04. The fourth-order valence-electron chi connectivity index (χ4n) is 2.39. The van der Waals surface area contributed by atoms with Crippen molar-refractivity contribution in [1.82, 2.24) is 4.90 Å². The van der Waals surface area contributed by atoms with Crippen LogP contribution in [0, 0.1) is 0 Å². The van der Waals surface area contributed by atoms with Gasteiger partial charge in [-0.15, -0.1) is 0 Å². The van der Waals surface area contributed by atoms with Gasteiger partial charge < -0.3 is 5.73 Å². The van der Waals surface area contributed by atoms with Crippen molar-refractivity contribution in [3.8, 4) is 0 Å². The molecule has 1 saturated carbocycles. The summed E-state index contributed by atoms with van der Waals surface area (Å²) in [5.41, 5.74) is 7.32. The molecule has 82 valence electrons. The van der Waals surface area contributed by atoms with E-state index in [1.165, 1.54) is 18.4 Å². The summed E-state index contributed by atoms with van der Waals surface area (Å²) >= 11 is 0. The van der Waals surface area contributed by atoms with Gasteiger partial charge in [-0.3, -0.25) is 4.90 Å². The van der Waals surface area contributed by atoms with Crippen molar-refractivity contribution >= 4 is 0 Å². The molecule has 0 aromatic heterocycles. The number of nitrogens with zero attached hydrogens (tertiary/aromatic N) is 1. The van der Waals surface area contributed by atoms with E-state index in [2.05, 4.69) is 42.3 Å². The molecule has 0 bridgehead atoms. The number of hydrogen-bond acceptors (Lipinski definition) is 2. The van der Waals surface area contributed by atoms with E-state index in [0.29, 0.717) is 12.1 Å². The second-order valence-electron chi connectivity index (χ2n) is 4.63. The van der Waals surface area contributed by atoms with Gasteiger partial charge in [-0.1, -0.05) is 30.3 Å². The molecule has 15 heavy (non-hydrogen) atoms. The molecule has 0 heterocycles. The summed E-state index contributed by atoms with van der Waals surface area (Å²) in [7, 11) is 2.20. The number of benzene rings is 1. The summed E-state index contributed by atoms with van der Waals surface area (Å²) in [5.74, 6) is 0. The van der Waals surface area contributed by atoms with E-state index >= 15 is 0 Å². The molecule has 0 amide bonds. The van der Waals surface area contributed by atoms with Gasteiger partial charge in [0.05, 0.1) is 0 Å². The molecule has 0 spiro atoms. The zero-order valence-corrected chi connectivity index (χ0v) is 9.39. The van der Waals surface area contributed by atoms with E-state index in [4.69, 9.17) is 5.73 Å². The molecule has 1 aromatic carbocycles. The van der Waals surface area contributed by atoms with Gasteiger partial charge in [-0.25, -0.2) is 0 Å². The first-order valence-corrected chi connectivity index (χ1v) is 5.75. The maximum Gasteiger partial charge on any atom is 0.0233 e. The number of nitrogens with two attached hydrogens (primary N) is 1. The summed E-state index contributed by atoms with van der Waals surface area (Å²) in [4.78, 5) is 2.43. The fraction of sp³-hybridized carbons (Fsp3) is 0.538. The molecule has 1 aliphatic carbocycles. The zero-order valence-electron chi connectivity index (χ0n) is 9.39. The third-order valence-corrected chi connectivity index (χ3v) is 3.34. The van der Waals surface area contributed by atoms with Crippen LogP contribution in [0.2, 0.25) is 0 Å². The summed E-state index contributed by atoms with van der Waals surface area (Å²) in [5, 5.41) is 0. The van der Waals surface area contributed by atoms with E-state index in [1.807, 2.05) is 0 Å². The van der Waals surface area contributed by atoms with E-state index in [-0.39, 0.29) is 0 Å². The topological polar surface area (TPSA) is 29.3 Å². The van der Waals surface area contributed by atoms with Crippen molar-refractivity contribution in [3.63, 3.8) is 0 Å². The highest BCUT2D eigenvalue weighted by Crippen LogP contribution is 2.22. The molecule has 2 atom stereocenters. The van der Waals surface area contributed by atoms with E-state index in [1.54, 1.807) is 0 Å². The van der Waals surface area contributed by atoms with Crippen molar-refractivity contribution in [3.05, 3.63) is 35.9 Å². The van der Waals surface area contributed by atoms with Crippen LogP contribution in [0.15, 0.2) is 30.3 Å². The smallest absolute Gasteiger partial charge is 0.0233 e. The Bertz CT molecular complexity index is 297. The van der Waals surface area contributed by atoms with Crippen LogP contribution in [0.4, 0.5) is 0 Å². The molecular formula is C13H20N2. The van der Waals surface area contributed by atoms with Crippen molar-refractivity contribution in [2.75, 3.05) is 7.05 Å². The average Bonchev–Trinajstić information content (AvgIpc) is 2.66. The molecule has 0 unspecified atom stereocenters. The van der Waals surface area contributed by atoms with Gasteiger partial charge in [0.25, 0.3) is 0 Å². The Morgan fingerprint density at radius 3 is 2.60 bits per heavy atom. The van der Waals surface area contributed by atoms with E-state index in [9.17, 15) is 0 Å². The molecule has 0 radical (unpaired) electrons. The maximum atomic E-state index is 5.93. The van der Waals surface area contributed by atoms with Crippen LogP contribution in [0.5, 0.6) is 0 Å². The van der Waals surface area contributed by atoms with Crippen LogP contribution in [-0.2, 0) is 6.54 Å². The Labute approximate surface area is 92.1 Å². The predicted molar refractivity (Wildman–Crippen MR) is 63.5 cm³/mol. The summed E-state index contributed by atoms with van der Waals surface area (Å²) in [6.07, 6.45) is 3.59. The second-order valence-corrected chi connectivity index (χ2v) is 4.63. The van der Waals surface area contributed by atoms with Crippen molar-refractivity contribution in [2.24, 2.45) is 5.73 Å². The van der Waals surface area contributed by atoms with E-state index < -0.39 is 0 Å². The molecule has 2 nitrogen and oxygen atoms in total. The van der Waals surface area contributed by atoms with Crippen molar-refractivity contribution in [1.29, 1.82) is 0 Å². The third kappa shape index (κ3) is 2.80. The maximum absolute atomic E-state index is 5.93. The van der Waals surface area contributed by atoms with Gasteiger partial charge in [0.2, 0.25) is 0 Å².